The van der Waals surface area contributed by atoms with Crippen molar-refractivity contribution in [3.8, 4) is 11.3 Å². The zero-order valence-electron chi connectivity index (χ0n) is 9.26. The highest BCUT2D eigenvalue weighted by Crippen LogP contribution is 2.40. The van der Waals surface area contributed by atoms with Gasteiger partial charge in [-0.2, -0.15) is 16.4 Å². The topological polar surface area (TPSA) is 43.8 Å². The number of rotatable bonds is 3. The fourth-order valence-corrected chi connectivity index (χ4v) is 2.67. The van der Waals surface area contributed by atoms with E-state index in [-0.39, 0.29) is 0 Å². The molecule has 0 aliphatic heterocycles. The summed E-state index contributed by atoms with van der Waals surface area (Å²) in [5.41, 5.74) is 8.85. The molecule has 2 aromatic rings. The third-order valence-electron chi connectivity index (χ3n) is 3.28. The fraction of sp³-hybridized carbons (Fsp3) is 0.417. The normalized spacial score (nSPS) is 17.6. The predicted octanol–water partition coefficient (Wildman–Crippen LogP) is 3.16. The Hall–Kier alpha value is -1.29. The smallest absolute Gasteiger partial charge is 0.116 e. The molecular formula is C12H15N3S. The van der Waals surface area contributed by atoms with Crippen LogP contribution in [0.15, 0.2) is 23.0 Å². The van der Waals surface area contributed by atoms with E-state index in [1.165, 1.54) is 12.8 Å². The summed E-state index contributed by atoms with van der Waals surface area (Å²) in [6.45, 7) is 2.22. The lowest BCUT2D eigenvalue weighted by molar-refractivity contribution is 0.441. The van der Waals surface area contributed by atoms with Crippen LogP contribution in [0.25, 0.3) is 11.3 Å². The highest BCUT2D eigenvalue weighted by atomic mass is 32.1. The van der Waals surface area contributed by atoms with E-state index in [1.54, 1.807) is 11.3 Å². The molecule has 3 nitrogen and oxygen atoms in total. The maximum atomic E-state index is 6.01. The first-order valence-corrected chi connectivity index (χ1v) is 6.57. The highest BCUT2D eigenvalue weighted by Gasteiger charge is 2.30. The monoisotopic (exact) mass is 233 g/mol. The zero-order valence-corrected chi connectivity index (χ0v) is 10.1. The molecule has 1 atom stereocenters. The van der Waals surface area contributed by atoms with E-state index < -0.39 is 0 Å². The van der Waals surface area contributed by atoms with Crippen molar-refractivity contribution in [2.24, 2.45) is 5.92 Å². The van der Waals surface area contributed by atoms with Crippen molar-refractivity contribution in [1.82, 2.24) is 9.78 Å². The summed E-state index contributed by atoms with van der Waals surface area (Å²) in [7, 11) is 0. The standard InChI is InChI=1S/C12H15N3S/c1-8(9-2-3-9)15-6-11(13)12(14-15)10-4-5-16-7-10/h4-9H,2-3,13H2,1H3. The second-order valence-corrected chi connectivity index (χ2v) is 5.28. The number of aromatic nitrogens is 2. The molecule has 0 aromatic carbocycles. The Morgan fingerprint density at radius 1 is 1.56 bits per heavy atom. The summed E-state index contributed by atoms with van der Waals surface area (Å²) in [5, 5.41) is 8.75. The summed E-state index contributed by atoms with van der Waals surface area (Å²) in [4.78, 5) is 0. The maximum absolute atomic E-state index is 6.01. The van der Waals surface area contributed by atoms with Gasteiger partial charge in [0, 0.05) is 17.1 Å². The van der Waals surface area contributed by atoms with Gasteiger partial charge in [0.15, 0.2) is 0 Å². The molecule has 1 unspecified atom stereocenters. The molecule has 0 spiro atoms. The van der Waals surface area contributed by atoms with Crippen molar-refractivity contribution in [3.05, 3.63) is 23.0 Å². The van der Waals surface area contributed by atoms with Crippen molar-refractivity contribution in [3.63, 3.8) is 0 Å². The number of nitrogens with zero attached hydrogens (tertiary/aromatic N) is 2. The molecule has 4 heteroatoms. The van der Waals surface area contributed by atoms with Crippen LogP contribution in [-0.4, -0.2) is 9.78 Å². The number of hydrogen-bond acceptors (Lipinski definition) is 3. The average molecular weight is 233 g/mol. The molecule has 2 N–H and O–H groups in total. The fourth-order valence-electron chi connectivity index (χ4n) is 2.03. The first-order chi connectivity index (χ1) is 7.75. The first kappa shape index (κ1) is 9.90. The summed E-state index contributed by atoms with van der Waals surface area (Å²) < 4.78 is 2.03. The van der Waals surface area contributed by atoms with Crippen LogP contribution in [0.2, 0.25) is 0 Å². The van der Waals surface area contributed by atoms with Crippen LogP contribution in [0.5, 0.6) is 0 Å². The average Bonchev–Trinajstić information content (AvgIpc) is 2.84. The van der Waals surface area contributed by atoms with Gasteiger partial charge in [0.2, 0.25) is 0 Å². The number of thiophene rings is 1. The van der Waals surface area contributed by atoms with E-state index in [0.717, 1.165) is 22.9 Å². The summed E-state index contributed by atoms with van der Waals surface area (Å²) in [6.07, 6.45) is 4.62. The van der Waals surface area contributed by atoms with Gasteiger partial charge in [0.1, 0.15) is 5.69 Å². The Kier molecular flexibility index (Phi) is 2.24. The molecule has 1 aliphatic rings. The number of nitrogens with two attached hydrogens (primary N) is 1. The Balaban J connectivity index is 1.95. The van der Waals surface area contributed by atoms with Crippen molar-refractivity contribution in [2.75, 3.05) is 5.73 Å². The number of nitrogen functional groups attached to an aromatic ring is 1. The van der Waals surface area contributed by atoms with Crippen LogP contribution >= 0.6 is 11.3 Å². The van der Waals surface area contributed by atoms with Gasteiger partial charge >= 0.3 is 0 Å². The Bertz CT molecular complexity index is 482. The van der Waals surface area contributed by atoms with Crippen LogP contribution in [0.3, 0.4) is 0 Å². The number of anilines is 1. The van der Waals surface area contributed by atoms with E-state index in [0.29, 0.717) is 6.04 Å². The molecule has 1 fully saturated rings. The molecule has 0 amide bonds. The summed E-state index contributed by atoms with van der Waals surface area (Å²) in [6, 6.07) is 2.55. The first-order valence-electron chi connectivity index (χ1n) is 5.63. The van der Waals surface area contributed by atoms with E-state index in [2.05, 4.69) is 28.8 Å². The van der Waals surface area contributed by atoms with E-state index in [1.807, 2.05) is 10.9 Å². The van der Waals surface area contributed by atoms with Crippen molar-refractivity contribution >= 4 is 17.0 Å². The van der Waals surface area contributed by atoms with Gasteiger partial charge in [-0.25, -0.2) is 0 Å². The second kappa shape index (κ2) is 3.63. The van der Waals surface area contributed by atoms with Gasteiger partial charge in [-0.05, 0) is 37.1 Å². The Morgan fingerprint density at radius 3 is 3.00 bits per heavy atom. The van der Waals surface area contributed by atoms with Gasteiger partial charge in [-0.1, -0.05) is 0 Å². The predicted molar refractivity (Wildman–Crippen MR) is 67.4 cm³/mol. The lowest BCUT2D eigenvalue weighted by Gasteiger charge is -2.09. The molecule has 3 rings (SSSR count). The van der Waals surface area contributed by atoms with Gasteiger partial charge < -0.3 is 5.73 Å². The minimum absolute atomic E-state index is 0.481. The molecular weight excluding hydrogens is 218 g/mol. The van der Waals surface area contributed by atoms with Gasteiger partial charge in [0.05, 0.1) is 11.7 Å². The third-order valence-corrected chi connectivity index (χ3v) is 3.96. The minimum atomic E-state index is 0.481. The Labute approximate surface area is 98.9 Å². The SMILES string of the molecule is CC(C1CC1)n1cc(N)c(-c2ccsc2)n1. The lowest BCUT2D eigenvalue weighted by Crippen LogP contribution is -2.07. The van der Waals surface area contributed by atoms with Crippen molar-refractivity contribution in [1.29, 1.82) is 0 Å². The zero-order chi connectivity index (χ0) is 11.1. The van der Waals surface area contributed by atoms with E-state index in [9.17, 15) is 0 Å². The summed E-state index contributed by atoms with van der Waals surface area (Å²) in [5.74, 6) is 0.801. The molecule has 0 radical (unpaired) electrons. The van der Waals surface area contributed by atoms with Gasteiger partial charge in [-0.3, -0.25) is 4.68 Å². The van der Waals surface area contributed by atoms with Crippen LogP contribution < -0.4 is 5.73 Å². The second-order valence-electron chi connectivity index (χ2n) is 4.50. The highest BCUT2D eigenvalue weighted by molar-refractivity contribution is 7.08. The molecule has 0 saturated heterocycles. The maximum Gasteiger partial charge on any atom is 0.116 e. The van der Waals surface area contributed by atoms with Gasteiger partial charge in [0.25, 0.3) is 0 Å². The minimum Gasteiger partial charge on any atom is -0.396 e. The van der Waals surface area contributed by atoms with Gasteiger partial charge in [-0.15, -0.1) is 0 Å². The quantitative estimate of drug-likeness (QED) is 0.885. The van der Waals surface area contributed by atoms with Crippen LogP contribution in [-0.2, 0) is 0 Å². The van der Waals surface area contributed by atoms with Crippen LogP contribution in [0.1, 0.15) is 25.8 Å². The summed E-state index contributed by atoms with van der Waals surface area (Å²) >= 11 is 1.67. The molecule has 84 valence electrons. The molecule has 2 heterocycles. The molecule has 1 saturated carbocycles. The molecule has 16 heavy (non-hydrogen) atoms. The largest absolute Gasteiger partial charge is 0.396 e. The van der Waals surface area contributed by atoms with E-state index in [4.69, 9.17) is 5.73 Å². The molecule has 1 aliphatic carbocycles. The molecule has 0 bridgehead atoms. The van der Waals surface area contributed by atoms with Crippen LogP contribution in [0.4, 0.5) is 5.69 Å². The number of hydrogen-bond donors (Lipinski definition) is 1. The van der Waals surface area contributed by atoms with Crippen molar-refractivity contribution in [2.45, 2.75) is 25.8 Å². The van der Waals surface area contributed by atoms with Crippen LogP contribution in [0, 0.1) is 5.92 Å². The lowest BCUT2D eigenvalue weighted by atomic mass is 10.2. The Morgan fingerprint density at radius 2 is 2.38 bits per heavy atom. The van der Waals surface area contributed by atoms with E-state index >= 15 is 0 Å². The molecule has 2 aromatic heterocycles. The van der Waals surface area contributed by atoms with Crippen molar-refractivity contribution < 1.29 is 0 Å². The third kappa shape index (κ3) is 1.63.